The van der Waals surface area contributed by atoms with Crippen LogP contribution in [0.4, 0.5) is 0 Å². The van der Waals surface area contributed by atoms with Crippen molar-refractivity contribution in [1.82, 2.24) is 4.90 Å². The number of benzene rings is 2. The van der Waals surface area contributed by atoms with Crippen LogP contribution in [0.5, 0.6) is 5.75 Å². The Morgan fingerprint density at radius 3 is 2.57 bits per heavy atom. The van der Waals surface area contributed by atoms with Gasteiger partial charge in [0.25, 0.3) is 0 Å². The summed E-state index contributed by atoms with van der Waals surface area (Å²) in [5.41, 5.74) is 7.40. The van der Waals surface area contributed by atoms with Crippen LogP contribution in [0.15, 0.2) is 36.4 Å². The number of fused-ring (bicyclic) bond motifs is 1. The summed E-state index contributed by atoms with van der Waals surface area (Å²) in [5, 5.41) is 2.52. The van der Waals surface area contributed by atoms with Crippen LogP contribution in [0.25, 0.3) is 10.8 Å². The molecule has 0 amide bonds. The Labute approximate surface area is 126 Å². The van der Waals surface area contributed by atoms with Crippen LogP contribution >= 0.6 is 0 Å². The zero-order valence-electron chi connectivity index (χ0n) is 12.7. The minimum atomic E-state index is 0.242. The number of piperidine rings is 1. The second kappa shape index (κ2) is 6.46. The van der Waals surface area contributed by atoms with E-state index in [2.05, 4.69) is 41.3 Å². The molecule has 21 heavy (non-hydrogen) atoms. The molecule has 1 heterocycles. The standard InChI is InChI=1S/C18H24N2O/c1-21-17-10-9-14-7-3-4-8-15(14)18(17)16(13-19)20-11-5-2-6-12-20/h3-4,7-10,16H,2,5-6,11-13,19H2,1H3/t16-/m0/s1. The molecule has 1 aliphatic heterocycles. The first-order valence-corrected chi connectivity index (χ1v) is 7.85. The van der Waals surface area contributed by atoms with Crippen LogP contribution in [-0.2, 0) is 0 Å². The van der Waals surface area contributed by atoms with Crippen LogP contribution in [0, 0.1) is 0 Å². The molecule has 3 nitrogen and oxygen atoms in total. The van der Waals surface area contributed by atoms with Gasteiger partial charge in [0.15, 0.2) is 0 Å². The monoisotopic (exact) mass is 284 g/mol. The first-order chi connectivity index (χ1) is 10.3. The van der Waals surface area contributed by atoms with Crippen molar-refractivity contribution in [1.29, 1.82) is 0 Å². The number of likely N-dealkylation sites (tertiary alicyclic amines) is 1. The Morgan fingerprint density at radius 1 is 1.10 bits per heavy atom. The lowest BCUT2D eigenvalue weighted by atomic mass is 9.95. The average Bonchev–Trinajstić information content (AvgIpc) is 2.56. The van der Waals surface area contributed by atoms with E-state index in [0.717, 1.165) is 18.8 Å². The highest BCUT2D eigenvalue weighted by molar-refractivity contribution is 5.88. The van der Waals surface area contributed by atoms with Crippen molar-refractivity contribution in [3.05, 3.63) is 42.0 Å². The molecule has 1 fully saturated rings. The topological polar surface area (TPSA) is 38.5 Å². The van der Waals surface area contributed by atoms with Gasteiger partial charge in [-0.3, -0.25) is 4.90 Å². The van der Waals surface area contributed by atoms with Gasteiger partial charge in [0, 0.05) is 12.1 Å². The maximum Gasteiger partial charge on any atom is 0.124 e. The van der Waals surface area contributed by atoms with E-state index in [1.165, 1.54) is 35.6 Å². The van der Waals surface area contributed by atoms with E-state index in [1.54, 1.807) is 7.11 Å². The van der Waals surface area contributed by atoms with Crippen LogP contribution in [0.2, 0.25) is 0 Å². The molecule has 0 aromatic heterocycles. The molecule has 0 aliphatic carbocycles. The van der Waals surface area contributed by atoms with Gasteiger partial charge in [-0.1, -0.05) is 36.8 Å². The summed E-state index contributed by atoms with van der Waals surface area (Å²) in [5.74, 6) is 0.953. The highest BCUT2D eigenvalue weighted by atomic mass is 16.5. The minimum Gasteiger partial charge on any atom is -0.496 e. The molecule has 1 atom stereocenters. The van der Waals surface area contributed by atoms with Gasteiger partial charge < -0.3 is 10.5 Å². The van der Waals surface area contributed by atoms with Crippen molar-refractivity contribution in [2.45, 2.75) is 25.3 Å². The maximum atomic E-state index is 6.15. The third-order valence-corrected chi connectivity index (χ3v) is 4.54. The molecule has 3 rings (SSSR count). The Morgan fingerprint density at radius 2 is 1.86 bits per heavy atom. The molecular formula is C18H24N2O. The molecule has 1 aliphatic rings. The summed E-state index contributed by atoms with van der Waals surface area (Å²) in [7, 11) is 1.75. The SMILES string of the molecule is COc1ccc2ccccc2c1[C@H](CN)N1CCCCC1. The fraction of sp³-hybridized carbons (Fsp3) is 0.444. The van der Waals surface area contributed by atoms with Crippen LogP contribution in [0.3, 0.4) is 0 Å². The summed E-state index contributed by atoms with van der Waals surface area (Å²) < 4.78 is 5.64. The van der Waals surface area contributed by atoms with Crippen molar-refractivity contribution < 1.29 is 4.74 Å². The van der Waals surface area contributed by atoms with E-state index in [0.29, 0.717) is 6.54 Å². The summed E-state index contributed by atoms with van der Waals surface area (Å²) in [6, 6.07) is 12.9. The summed E-state index contributed by atoms with van der Waals surface area (Å²) >= 11 is 0. The largest absolute Gasteiger partial charge is 0.496 e. The normalized spacial score (nSPS) is 17.8. The molecule has 0 radical (unpaired) electrons. The molecule has 2 aromatic carbocycles. The van der Waals surface area contributed by atoms with E-state index in [-0.39, 0.29) is 6.04 Å². The molecule has 3 heteroatoms. The number of rotatable bonds is 4. The number of nitrogens with two attached hydrogens (primary N) is 1. The first-order valence-electron chi connectivity index (χ1n) is 7.85. The highest BCUT2D eigenvalue weighted by Gasteiger charge is 2.25. The highest BCUT2D eigenvalue weighted by Crippen LogP contribution is 2.36. The summed E-state index contributed by atoms with van der Waals surface area (Å²) in [4.78, 5) is 2.52. The van der Waals surface area contributed by atoms with Crippen molar-refractivity contribution in [3.63, 3.8) is 0 Å². The van der Waals surface area contributed by atoms with Gasteiger partial charge in [0.2, 0.25) is 0 Å². The van der Waals surface area contributed by atoms with Crippen molar-refractivity contribution in [3.8, 4) is 5.75 Å². The predicted octanol–water partition coefficient (Wildman–Crippen LogP) is 3.33. The summed E-state index contributed by atoms with van der Waals surface area (Å²) in [6.07, 6.45) is 3.87. The molecule has 0 bridgehead atoms. The van der Waals surface area contributed by atoms with Gasteiger partial charge in [0.05, 0.1) is 13.2 Å². The van der Waals surface area contributed by atoms with Crippen LogP contribution < -0.4 is 10.5 Å². The molecule has 0 unspecified atom stereocenters. The maximum absolute atomic E-state index is 6.15. The number of nitrogens with zero attached hydrogens (tertiary/aromatic N) is 1. The second-order valence-electron chi connectivity index (χ2n) is 5.75. The molecule has 1 saturated heterocycles. The van der Waals surface area contributed by atoms with E-state index in [1.807, 2.05) is 0 Å². The fourth-order valence-electron chi connectivity index (χ4n) is 3.48. The lowest BCUT2D eigenvalue weighted by Gasteiger charge is -2.35. The number of hydrogen-bond acceptors (Lipinski definition) is 3. The molecular weight excluding hydrogens is 260 g/mol. The Balaban J connectivity index is 2.10. The van der Waals surface area contributed by atoms with Gasteiger partial charge in [-0.15, -0.1) is 0 Å². The number of methoxy groups -OCH3 is 1. The summed E-state index contributed by atoms with van der Waals surface area (Å²) in [6.45, 7) is 2.90. The number of hydrogen-bond donors (Lipinski definition) is 1. The van der Waals surface area contributed by atoms with Crippen LogP contribution in [0.1, 0.15) is 30.9 Å². The quantitative estimate of drug-likeness (QED) is 0.936. The molecule has 2 aromatic rings. The van der Waals surface area contributed by atoms with Gasteiger partial charge >= 0.3 is 0 Å². The van der Waals surface area contributed by atoms with E-state index >= 15 is 0 Å². The van der Waals surface area contributed by atoms with E-state index in [4.69, 9.17) is 10.5 Å². The van der Waals surface area contributed by atoms with Crippen molar-refractivity contribution in [2.24, 2.45) is 5.73 Å². The predicted molar refractivity (Wildman–Crippen MR) is 87.7 cm³/mol. The fourth-order valence-corrected chi connectivity index (χ4v) is 3.48. The third-order valence-electron chi connectivity index (χ3n) is 4.54. The first kappa shape index (κ1) is 14.4. The lowest BCUT2D eigenvalue weighted by Crippen LogP contribution is -2.37. The van der Waals surface area contributed by atoms with Crippen molar-refractivity contribution in [2.75, 3.05) is 26.7 Å². The minimum absolute atomic E-state index is 0.242. The molecule has 0 saturated carbocycles. The third kappa shape index (κ3) is 2.76. The van der Waals surface area contributed by atoms with E-state index in [9.17, 15) is 0 Å². The van der Waals surface area contributed by atoms with Gasteiger partial charge in [-0.2, -0.15) is 0 Å². The Bertz CT molecular complexity index is 605. The molecule has 112 valence electrons. The van der Waals surface area contributed by atoms with E-state index < -0.39 is 0 Å². The van der Waals surface area contributed by atoms with Gasteiger partial charge in [-0.05, 0) is 42.8 Å². The molecule has 2 N–H and O–H groups in total. The smallest absolute Gasteiger partial charge is 0.124 e. The Hall–Kier alpha value is -1.58. The zero-order valence-corrected chi connectivity index (χ0v) is 12.7. The second-order valence-corrected chi connectivity index (χ2v) is 5.75. The Kier molecular flexibility index (Phi) is 4.42. The average molecular weight is 284 g/mol. The van der Waals surface area contributed by atoms with Gasteiger partial charge in [0.1, 0.15) is 5.75 Å². The zero-order chi connectivity index (χ0) is 14.7. The lowest BCUT2D eigenvalue weighted by molar-refractivity contribution is 0.166. The van der Waals surface area contributed by atoms with Gasteiger partial charge in [-0.25, -0.2) is 0 Å². The number of ether oxygens (including phenoxy) is 1. The van der Waals surface area contributed by atoms with Crippen molar-refractivity contribution >= 4 is 10.8 Å². The molecule has 0 spiro atoms. The van der Waals surface area contributed by atoms with Crippen LogP contribution in [-0.4, -0.2) is 31.6 Å².